The Balaban J connectivity index is 1.94. The molecule has 1 N–H and O–H groups in total. The summed E-state index contributed by atoms with van der Waals surface area (Å²) in [6, 6.07) is 9.44. The molecule has 0 aliphatic heterocycles. The van der Waals surface area contributed by atoms with Gasteiger partial charge in [-0.25, -0.2) is 0 Å². The first-order valence-electron chi connectivity index (χ1n) is 8.40. The highest BCUT2D eigenvalue weighted by atomic mass is 79.9. The zero-order valence-electron chi connectivity index (χ0n) is 15.9. The number of hydrogen-bond acceptors (Lipinski definition) is 5. The molecule has 0 fully saturated rings. The molecule has 146 valence electrons. The highest BCUT2D eigenvalue weighted by Gasteiger charge is 2.13. The highest BCUT2D eigenvalue weighted by molar-refractivity contribution is 9.10. The summed E-state index contributed by atoms with van der Waals surface area (Å²) in [7, 11) is 6.30. The van der Waals surface area contributed by atoms with Gasteiger partial charge in [0.25, 0.3) is 0 Å². The minimum Gasteiger partial charge on any atom is -0.496 e. The molecule has 0 aliphatic carbocycles. The molecule has 0 aromatic heterocycles. The predicted octanol–water partition coefficient (Wildman–Crippen LogP) is 3.73. The third-order valence-electron chi connectivity index (χ3n) is 4.07. The van der Waals surface area contributed by atoms with Crippen molar-refractivity contribution in [3.8, 4) is 23.0 Å². The van der Waals surface area contributed by atoms with E-state index in [0.717, 1.165) is 21.3 Å². The first-order valence-corrected chi connectivity index (χ1v) is 9.19. The van der Waals surface area contributed by atoms with Crippen LogP contribution in [0.1, 0.15) is 17.5 Å². The second-order valence-corrected chi connectivity index (χ2v) is 6.63. The Kier molecular flexibility index (Phi) is 7.79. The zero-order chi connectivity index (χ0) is 19.8. The Labute approximate surface area is 167 Å². The fourth-order valence-electron chi connectivity index (χ4n) is 2.65. The second kappa shape index (κ2) is 10.1. The number of carbonyl (C=O) groups excluding carboxylic acids is 1. The van der Waals surface area contributed by atoms with E-state index in [1.165, 1.54) is 0 Å². The summed E-state index contributed by atoms with van der Waals surface area (Å²) in [6.07, 6.45) is 1.03. The Bertz CT molecular complexity index is 769. The standard InChI is InChI=1S/C20H24BrNO5/c1-24-16-7-5-13(9-15(16)21)6-8-19(23)22-12-14-10-17(25-2)20(27-4)18(11-14)26-3/h5,7,9-11H,6,8,12H2,1-4H3,(H,22,23). The number of aryl methyl sites for hydroxylation is 1. The van der Waals surface area contributed by atoms with Crippen LogP contribution in [0.2, 0.25) is 0 Å². The van der Waals surface area contributed by atoms with Gasteiger partial charge < -0.3 is 24.3 Å². The Hall–Kier alpha value is -2.41. The molecule has 6 nitrogen and oxygen atoms in total. The quantitative estimate of drug-likeness (QED) is 0.647. The SMILES string of the molecule is COc1ccc(CCC(=O)NCc2cc(OC)c(OC)c(OC)c2)cc1Br. The van der Waals surface area contributed by atoms with E-state index in [9.17, 15) is 4.79 Å². The lowest BCUT2D eigenvalue weighted by atomic mass is 10.1. The van der Waals surface area contributed by atoms with Crippen molar-refractivity contribution in [2.75, 3.05) is 28.4 Å². The number of amides is 1. The molecule has 2 aromatic rings. The summed E-state index contributed by atoms with van der Waals surface area (Å²) >= 11 is 3.45. The lowest BCUT2D eigenvalue weighted by molar-refractivity contribution is -0.121. The maximum absolute atomic E-state index is 12.2. The van der Waals surface area contributed by atoms with Gasteiger partial charge in [-0.15, -0.1) is 0 Å². The van der Waals surface area contributed by atoms with Crippen LogP contribution in [0, 0.1) is 0 Å². The van der Waals surface area contributed by atoms with Crippen molar-refractivity contribution < 1.29 is 23.7 Å². The van der Waals surface area contributed by atoms with E-state index in [-0.39, 0.29) is 5.91 Å². The van der Waals surface area contributed by atoms with Gasteiger partial charge in [0, 0.05) is 13.0 Å². The minimum atomic E-state index is -0.0318. The van der Waals surface area contributed by atoms with Crippen molar-refractivity contribution in [3.05, 3.63) is 45.9 Å². The number of rotatable bonds is 9. The van der Waals surface area contributed by atoms with E-state index in [4.69, 9.17) is 18.9 Å². The number of halogens is 1. The summed E-state index contributed by atoms with van der Waals surface area (Å²) in [5.74, 6) is 2.38. The molecule has 2 rings (SSSR count). The Morgan fingerprint density at radius 3 is 2.04 bits per heavy atom. The molecule has 1 amide bonds. The molecule has 0 aliphatic rings. The molecule has 0 bridgehead atoms. The molecular formula is C20H24BrNO5. The van der Waals surface area contributed by atoms with E-state index in [1.807, 2.05) is 30.3 Å². The largest absolute Gasteiger partial charge is 0.496 e. The third kappa shape index (κ3) is 5.53. The van der Waals surface area contributed by atoms with Crippen LogP contribution in [0.4, 0.5) is 0 Å². The molecular weight excluding hydrogens is 414 g/mol. The normalized spacial score (nSPS) is 10.3. The van der Waals surface area contributed by atoms with Crippen LogP contribution in [0.25, 0.3) is 0 Å². The van der Waals surface area contributed by atoms with Crippen molar-refractivity contribution in [2.45, 2.75) is 19.4 Å². The van der Waals surface area contributed by atoms with Crippen LogP contribution in [-0.2, 0) is 17.8 Å². The lowest BCUT2D eigenvalue weighted by Gasteiger charge is -2.14. The number of carbonyl (C=O) groups is 1. The zero-order valence-corrected chi connectivity index (χ0v) is 17.5. The van der Waals surface area contributed by atoms with Gasteiger partial charge in [0.1, 0.15) is 5.75 Å². The summed E-state index contributed by atoms with van der Waals surface area (Å²) in [4.78, 5) is 12.2. The van der Waals surface area contributed by atoms with Crippen molar-refractivity contribution in [1.82, 2.24) is 5.32 Å². The number of nitrogens with one attached hydrogen (secondary N) is 1. The van der Waals surface area contributed by atoms with Crippen LogP contribution in [0.5, 0.6) is 23.0 Å². The number of ether oxygens (including phenoxy) is 4. The average molecular weight is 438 g/mol. The molecule has 27 heavy (non-hydrogen) atoms. The topological polar surface area (TPSA) is 66.0 Å². The highest BCUT2D eigenvalue weighted by Crippen LogP contribution is 2.38. The third-order valence-corrected chi connectivity index (χ3v) is 4.69. The Morgan fingerprint density at radius 2 is 1.52 bits per heavy atom. The predicted molar refractivity (Wildman–Crippen MR) is 107 cm³/mol. The summed E-state index contributed by atoms with van der Waals surface area (Å²) < 4.78 is 22.0. The molecule has 0 radical (unpaired) electrons. The lowest BCUT2D eigenvalue weighted by Crippen LogP contribution is -2.23. The second-order valence-electron chi connectivity index (χ2n) is 5.78. The van der Waals surface area contributed by atoms with Gasteiger partial charge in [-0.3, -0.25) is 4.79 Å². The van der Waals surface area contributed by atoms with E-state index < -0.39 is 0 Å². The first kappa shape index (κ1) is 20.9. The molecule has 0 spiro atoms. The van der Waals surface area contributed by atoms with E-state index in [0.29, 0.717) is 36.6 Å². The van der Waals surface area contributed by atoms with Crippen molar-refractivity contribution in [1.29, 1.82) is 0 Å². The summed E-state index contributed by atoms with van der Waals surface area (Å²) in [5, 5.41) is 2.92. The molecule has 0 unspecified atom stereocenters. The summed E-state index contributed by atoms with van der Waals surface area (Å²) in [5.41, 5.74) is 1.93. The molecule has 0 heterocycles. The molecule has 7 heteroatoms. The molecule has 2 aromatic carbocycles. The van der Waals surface area contributed by atoms with Gasteiger partial charge in [-0.05, 0) is 57.7 Å². The molecule has 0 atom stereocenters. The van der Waals surface area contributed by atoms with Crippen LogP contribution in [0.3, 0.4) is 0 Å². The van der Waals surface area contributed by atoms with Crippen molar-refractivity contribution in [2.24, 2.45) is 0 Å². The van der Waals surface area contributed by atoms with E-state index in [1.54, 1.807) is 28.4 Å². The fraction of sp³-hybridized carbons (Fsp3) is 0.350. The van der Waals surface area contributed by atoms with Gasteiger partial charge in [0.05, 0.1) is 32.9 Å². The number of methoxy groups -OCH3 is 4. The smallest absolute Gasteiger partial charge is 0.220 e. The fourth-order valence-corrected chi connectivity index (χ4v) is 3.24. The average Bonchev–Trinajstić information content (AvgIpc) is 2.69. The first-order chi connectivity index (χ1) is 13.0. The minimum absolute atomic E-state index is 0.0318. The maximum Gasteiger partial charge on any atom is 0.220 e. The van der Waals surface area contributed by atoms with E-state index in [2.05, 4.69) is 21.2 Å². The Morgan fingerprint density at radius 1 is 0.889 bits per heavy atom. The van der Waals surface area contributed by atoms with Crippen LogP contribution < -0.4 is 24.3 Å². The maximum atomic E-state index is 12.2. The summed E-state index contributed by atoms with van der Waals surface area (Å²) in [6.45, 7) is 0.377. The van der Waals surface area contributed by atoms with Gasteiger partial charge in [-0.1, -0.05) is 6.07 Å². The van der Waals surface area contributed by atoms with Gasteiger partial charge in [0.15, 0.2) is 11.5 Å². The van der Waals surface area contributed by atoms with Crippen molar-refractivity contribution in [3.63, 3.8) is 0 Å². The molecule has 0 saturated heterocycles. The number of benzene rings is 2. The monoisotopic (exact) mass is 437 g/mol. The van der Waals surface area contributed by atoms with Gasteiger partial charge >= 0.3 is 0 Å². The number of hydrogen-bond donors (Lipinski definition) is 1. The van der Waals surface area contributed by atoms with Crippen LogP contribution in [0.15, 0.2) is 34.8 Å². The van der Waals surface area contributed by atoms with Gasteiger partial charge in [-0.2, -0.15) is 0 Å². The molecule has 0 saturated carbocycles. The van der Waals surface area contributed by atoms with Crippen LogP contribution >= 0.6 is 15.9 Å². The van der Waals surface area contributed by atoms with Crippen LogP contribution in [-0.4, -0.2) is 34.3 Å². The van der Waals surface area contributed by atoms with E-state index >= 15 is 0 Å². The van der Waals surface area contributed by atoms with Gasteiger partial charge in [0.2, 0.25) is 11.7 Å². The van der Waals surface area contributed by atoms with Crippen molar-refractivity contribution >= 4 is 21.8 Å².